The number of furan rings is 1. The largest absolute Gasteiger partial charge is 0.467 e. The smallest absolute Gasteiger partial charge is 0.242 e. The molecule has 3 aromatic rings. The van der Waals surface area contributed by atoms with Gasteiger partial charge in [0.15, 0.2) is 0 Å². The quantitative estimate of drug-likeness (QED) is 0.605. The Balaban J connectivity index is 1.30. The summed E-state index contributed by atoms with van der Waals surface area (Å²) in [5.74, 6) is 1.69. The van der Waals surface area contributed by atoms with E-state index in [4.69, 9.17) is 9.15 Å². The molecule has 1 amide bonds. The van der Waals surface area contributed by atoms with Crippen LogP contribution in [0.4, 0.5) is 5.82 Å². The summed E-state index contributed by atoms with van der Waals surface area (Å²) >= 11 is 0. The number of hydrogen-bond acceptors (Lipinski definition) is 6. The number of amides is 1. The van der Waals surface area contributed by atoms with E-state index in [0.29, 0.717) is 19.8 Å². The predicted molar refractivity (Wildman–Crippen MR) is 106 cm³/mol. The van der Waals surface area contributed by atoms with Crippen LogP contribution in [0.3, 0.4) is 0 Å². The van der Waals surface area contributed by atoms with Crippen LogP contribution in [0.2, 0.25) is 0 Å². The molecule has 0 saturated carbocycles. The summed E-state index contributed by atoms with van der Waals surface area (Å²) in [6.07, 6.45) is 5.77. The number of anilines is 1. The first-order chi connectivity index (χ1) is 13.8. The molecule has 1 aliphatic rings. The zero-order valence-electron chi connectivity index (χ0n) is 15.7. The highest BCUT2D eigenvalue weighted by Gasteiger charge is 2.32. The normalized spacial score (nSPS) is 16.6. The summed E-state index contributed by atoms with van der Waals surface area (Å²) in [7, 11) is 0. The van der Waals surface area contributed by atoms with Crippen LogP contribution >= 0.6 is 0 Å². The van der Waals surface area contributed by atoms with E-state index in [1.165, 1.54) is 0 Å². The Morgan fingerprint density at radius 2 is 2.18 bits per heavy atom. The lowest BCUT2D eigenvalue weighted by Crippen LogP contribution is -2.44. The third kappa shape index (κ3) is 4.14. The summed E-state index contributed by atoms with van der Waals surface area (Å²) in [5.41, 5.74) is 0.896. The van der Waals surface area contributed by atoms with Crippen molar-refractivity contribution in [3.8, 4) is 0 Å². The number of nitrogens with zero attached hydrogens (tertiary/aromatic N) is 3. The van der Waals surface area contributed by atoms with Gasteiger partial charge in [-0.1, -0.05) is 12.1 Å². The van der Waals surface area contributed by atoms with Gasteiger partial charge in [-0.05, 0) is 43.5 Å². The maximum absolute atomic E-state index is 12.7. The number of carbonyl (C=O) groups excluding carboxylic acids is 1. The number of nitrogens with one attached hydrogen (secondary N) is 1. The van der Waals surface area contributed by atoms with E-state index in [9.17, 15) is 4.79 Å². The highest BCUT2D eigenvalue weighted by atomic mass is 16.5. The number of carbonyl (C=O) groups is 1. The molecule has 0 aliphatic carbocycles. The third-order valence-corrected chi connectivity index (χ3v) is 4.94. The topological polar surface area (TPSA) is 80.5 Å². The molecular weight excluding hydrogens is 356 g/mol. The Labute approximate surface area is 163 Å². The minimum absolute atomic E-state index is 0.0474. The number of hydrogen-bond donors (Lipinski definition) is 1. The van der Waals surface area contributed by atoms with Gasteiger partial charge < -0.3 is 19.4 Å². The second-order valence-corrected chi connectivity index (χ2v) is 6.84. The van der Waals surface area contributed by atoms with Crippen LogP contribution < -0.4 is 10.2 Å². The van der Waals surface area contributed by atoms with Crippen LogP contribution in [-0.4, -0.2) is 41.6 Å². The van der Waals surface area contributed by atoms with Gasteiger partial charge in [0.2, 0.25) is 5.91 Å². The molecule has 0 unspecified atom stereocenters. The van der Waals surface area contributed by atoms with Gasteiger partial charge in [-0.3, -0.25) is 4.79 Å². The predicted octanol–water partition coefficient (Wildman–Crippen LogP) is 2.91. The van der Waals surface area contributed by atoms with E-state index in [1.54, 1.807) is 12.6 Å². The maximum atomic E-state index is 12.7. The fraction of sp³-hybridized carbons (Fsp3) is 0.381. The minimum atomic E-state index is -0.192. The van der Waals surface area contributed by atoms with Crippen molar-refractivity contribution >= 4 is 22.6 Å². The van der Waals surface area contributed by atoms with Gasteiger partial charge in [0, 0.05) is 25.1 Å². The molecule has 1 saturated heterocycles. The Morgan fingerprint density at radius 1 is 1.25 bits per heavy atom. The molecule has 4 rings (SSSR count). The van der Waals surface area contributed by atoms with Gasteiger partial charge in [0.05, 0.1) is 11.8 Å². The van der Waals surface area contributed by atoms with E-state index in [1.807, 2.05) is 36.4 Å². The van der Waals surface area contributed by atoms with E-state index in [-0.39, 0.29) is 11.9 Å². The highest BCUT2D eigenvalue weighted by Crippen LogP contribution is 2.29. The maximum Gasteiger partial charge on any atom is 0.242 e. The average Bonchev–Trinajstić information content (AvgIpc) is 3.42. The van der Waals surface area contributed by atoms with Crippen molar-refractivity contribution in [2.75, 3.05) is 24.6 Å². The van der Waals surface area contributed by atoms with Crippen molar-refractivity contribution in [2.45, 2.75) is 31.9 Å². The van der Waals surface area contributed by atoms with Crippen LogP contribution in [0.15, 0.2) is 53.4 Å². The molecule has 7 heteroatoms. The Hall–Kier alpha value is -2.93. The second kappa shape index (κ2) is 8.84. The number of fused-ring (bicyclic) bond motifs is 1. The lowest BCUT2D eigenvalue weighted by atomic mass is 10.2. The van der Waals surface area contributed by atoms with Gasteiger partial charge in [0.1, 0.15) is 30.6 Å². The number of ether oxygens (including phenoxy) is 1. The Kier molecular flexibility index (Phi) is 5.82. The average molecular weight is 380 g/mol. The SMILES string of the molecule is O=C(NCCCOCc1ccco1)[C@H]1CCCN1c1ncnc2ccccc12. The van der Waals surface area contributed by atoms with Gasteiger partial charge >= 0.3 is 0 Å². The van der Waals surface area contributed by atoms with Gasteiger partial charge in [-0.25, -0.2) is 9.97 Å². The molecule has 0 bridgehead atoms. The summed E-state index contributed by atoms with van der Waals surface area (Å²) in [5, 5.41) is 4.02. The molecule has 0 spiro atoms. The fourth-order valence-corrected chi connectivity index (χ4v) is 3.58. The van der Waals surface area contributed by atoms with E-state index in [0.717, 1.165) is 48.3 Å². The first-order valence-corrected chi connectivity index (χ1v) is 9.67. The van der Waals surface area contributed by atoms with E-state index in [2.05, 4.69) is 20.2 Å². The van der Waals surface area contributed by atoms with Crippen LogP contribution in [0.1, 0.15) is 25.0 Å². The lowest BCUT2D eigenvalue weighted by molar-refractivity contribution is -0.122. The number of aromatic nitrogens is 2. The number of rotatable bonds is 8. The minimum Gasteiger partial charge on any atom is -0.467 e. The molecule has 1 aliphatic heterocycles. The monoisotopic (exact) mass is 380 g/mol. The van der Waals surface area contributed by atoms with Crippen LogP contribution in [0, 0.1) is 0 Å². The van der Waals surface area contributed by atoms with Crippen molar-refractivity contribution in [2.24, 2.45) is 0 Å². The van der Waals surface area contributed by atoms with E-state index >= 15 is 0 Å². The molecule has 28 heavy (non-hydrogen) atoms. The molecule has 3 heterocycles. The fourth-order valence-electron chi connectivity index (χ4n) is 3.58. The van der Waals surface area contributed by atoms with Gasteiger partial charge in [-0.2, -0.15) is 0 Å². The lowest BCUT2D eigenvalue weighted by Gasteiger charge is -2.25. The summed E-state index contributed by atoms with van der Waals surface area (Å²) in [6, 6.07) is 11.4. The van der Waals surface area contributed by atoms with Gasteiger partial charge in [-0.15, -0.1) is 0 Å². The van der Waals surface area contributed by atoms with Crippen LogP contribution in [0.5, 0.6) is 0 Å². The van der Waals surface area contributed by atoms with Crippen LogP contribution in [0.25, 0.3) is 10.9 Å². The van der Waals surface area contributed by atoms with Crippen molar-refractivity contribution in [3.05, 3.63) is 54.7 Å². The van der Waals surface area contributed by atoms with Crippen molar-refractivity contribution in [1.29, 1.82) is 0 Å². The van der Waals surface area contributed by atoms with Crippen LogP contribution in [-0.2, 0) is 16.1 Å². The van der Waals surface area contributed by atoms with Gasteiger partial charge in [0.25, 0.3) is 0 Å². The summed E-state index contributed by atoms with van der Waals surface area (Å²) in [6.45, 7) is 2.45. The number of para-hydroxylation sites is 1. The zero-order valence-corrected chi connectivity index (χ0v) is 15.7. The molecular formula is C21H24N4O3. The van der Waals surface area contributed by atoms with Crippen molar-refractivity contribution < 1.29 is 13.9 Å². The summed E-state index contributed by atoms with van der Waals surface area (Å²) < 4.78 is 10.8. The second-order valence-electron chi connectivity index (χ2n) is 6.84. The molecule has 146 valence electrons. The highest BCUT2D eigenvalue weighted by molar-refractivity contribution is 5.93. The molecule has 0 radical (unpaired) electrons. The molecule has 1 fully saturated rings. The molecule has 1 atom stereocenters. The molecule has 1 N–H and O–H groups in total. The molecule has 1 aromatic carbocycles. The van der Waals surface area contributed by atoms with Crippen molar-refractivity contribution in [3.63, 3.8) is 0 Å². The standard InChI is InChI=1S/C21H24N4O3/c26-21(22-10-5-12-27-14-16-6-4-13-28-16)19-9-3-11-25(19)20-17-7-1-2-8-18(17)23-15-24-20/h1-2,4,6-8,13,15,19H,3,5,9-12,14H2,(H,22,26)/t19-/m1/s1. The summed E-state index contributed by atoms with van der Waals surface area (Å²) in [4.78, 5) is 23.6. The van der Waals surface area contributed by atoms with Crippen molar-refractivity contribution in [1.82, 2.24) is 15.3 Å². The first-order valence-electron chi connectivity index (χ1n) is 9.67. The first kappa shape index (κ1) is 18.4. The Bertz CT molecular complexity index is 908. The third-order valence-electron chi connectivity index (χ3n) is 4.94. The zero-order chi connectivity index (χ0) is 19.2. The molecule has 7 nitrogen and oxygen atoms in total. The van der Waals surface area contributed by atoms with E-state index < -0.39 is 0 Å². The Morgan fingerprint density at radius 3 is 3.07 bits per heavy atom. The molecule has 2 aromatic heterocycles. The number of benzene rings is 1.